The molecule has 0 bridgehead atoms. The van der Waals surface area contributed by atoms with Crippen LogP contribution in [0, 0.1) is 0 Å². The Morgan fingerprint density at radius 3 is 3.13 bits per heavy atom. The van der Waals surface area contributed by atoms with Gasteiger partial charge in [0.25, 0.3) is 5.91 Å². The Morgan fingerprint density at radius 1 is 1.67 bits per heavy atom. The fraction of sp³-hybridized carbons (Fsp3) is 0.200. The number of thiazole rings is 1. The van der Waals surface area contributed by atoms with Gasteiger partial charge in [-0.25, -0.2) is 4.98 Å². The first kappa shape index (κ1) is 9.92. The van der Waals surface area contributed by atoms with Crippen LogP contribution in [0.2, 0.25) is 0 Å². The minimum absolute atomic E-state index is 0.129. The van der Waals surface area contributed by atoms with Gasteiger partial charge in [-0.2, -0.15) is 0 Å². The van der Waals surface area contributed by atoms with Gasteiger partial charge in [-0.3, -0.25) is 4.79 Å². The van der Waals surface area contributed by atoms with Crippen molar-refractivity contribution in [2.75, 3.05) is 7.05 Å². The first-order chi connectivity index (χ1) is 7.27. The van der Waals surface area contributed by atoms with E-state index in [1.165, 1.54) is 17.6 Å². The second-order valence-electron chi connectivity index (χ2n) is 3.06. The zero-order valence-electron chi connectivity index (χ0n) is 8.21. The van der Waals surface area contributed by atoms with Crippen molar-refractivity contribution < 1.29 is 9.21 Å². The predicted octanol–water partition coefficient (Wildman–Crippen LogP) is 2.01. The van der Waals surface area contributed by atoms with Crippen molar-refractivity contribution in [3.05, 3.63) is 40.7 Å². The van der Waals surface area contributed by atoms with E-state index in [0.29, 0.717) is 12.3 Å². The van der Waals surface area contributed by atoms with E-state index in [-0.39, 0.29) is 5.91 Å². The molecule has 78 valence electrons. The molecule has 0 aromatic carbocycles. The molecule has 0 saturated carbocycles. The van der Waals surface area contributed by atoms with Crippen LogP contribution in [0.4, 0.5) is 0 Å². The Hall–Kier alpha value is -1.62. The number of carbonyl (C=O) groups is 1. The third-order valence-electron chi connectivity index (χ3n) is 1.93. The van der Waals surface area contributed by atoms with Crippen molar-refractivity contribution in [3.63, 3.8) is 0 Å². The third kappa shape index (κ3) is 2.24. The van der Waals surface area contributed by atoms with Gasteiger partial charge in [0.2, 0.25) is 0 Å². The minimum atomic E-state index is -0.129. The second-order valence-corrected chi connectivity index (χ2v) is 4.04. The van der Waals surface area contributed by atoms with E-state index in [4.69, 9.17) is 4.42 Å². The van der Waals surface area contributed by atoms with Gasteiger partial charge in [0.15, 0.2) is 5.76 Å². The summed E-state index contributed by atoms with van der Waals surface area (Å²) in [6.07, 6.45) is 3.22. The van der Waals surface area contributed by atoms with Gasteiger partial charge in [0, 0.05) is 18.6 Å². The number of hydrogen-bond donors (Lipinski definition) is 0. The van der Waals surface area contributed by atoms with Crippen molar-refractivity contribution in [1.82, 2.24) is 9.88 Å². The van der Waals surface area contributed by atoms with Gasteiger partial charge >= 0.3 is 0 Å². The van der Waals surface area contributed by atoms with Crippen molar-refractivity contribution in [1.29, 1.82) is 0 Å². The normalized spacial score (nSPS) is 10.2. The van der Waals surface area contributed by atoms with E-state index in [1.54, 1.807) is 30.3 Å². The van der Waals surface area contributed by atoms with E-state index in [0.717, 1.165) is 5.01 Å². The molecule has 0 fully saturated rings. The van der Waals surface area contributed by atoms with E-state index in [1.807, 2.05) is 5.38 Å². The lowest BCUT2D eigenvalue weighted by Gasteiger charge is -2.13. The van der Waals surface area contributed by atoms with E-state index in [2.05, 4.69) is 4.98 Å². The van der Waals surface area contributed by atoms with Gasteiger partial charge in [0.05, 0.1) is 12.8 Å². The molecule has 0 radical (unpaired) electrons. The quantitative estimate of drug-likeness (QED) is 0.798. The summed E-state index contributed by atoms with van der Waals surface area (Å²) < 4.78 is 5.03. The molecule has 0 N–H and O–H groups in total. The molecular weight excluding hydrogens is 212 g/mol. The van der Waals surface area contributed by atoms with Crippen molar-refractivity contribution in [2.45, 2.75) is 6.54 Å². The Kier molecular flexibility index (Phi) is 2.82. The summed E-state index contributed by atoms with van der Waals surface area (Å²) in [7, 11) is 1.73. The smallest absolute Gasteiger partial charge is 0.289 e. The predicted molar refractivity (Wildman–Crippen MR) is 56.6 cm³/mol. The summed E-state index contributed by atoms with van der Waals surface area (Å²) in [6.45, 7) is 0.511. The van der Waals surface area contributed by atoms with Crippen LogP contribution in [0.5, 0.6) is 0 Å². The van der Waals surface area contributed by atoms with Crippen LogP contribution >= 0.6 is 11.3 Å². The molecule has 0 saturated heterocycles. The number of hydrogen-bond acceptors (Lipinski definition) is 4. The Labute approximate surface area is 91.2 Å². The summed E-state index contributed by atoms with van der Waals surface area (Å²) in [4.78, 5) is 17.4. The molecule has 0 aliphatic carbocycles. The summed E-state index contributed by atoms with van der Waals surface area (Å²) in [6, 6.07) is 3.35. The molecule has 2 aromatic heterocycles. The van der Waals surface area contributed by atoms with Crippen molar-refractivity contribution >= 4 is 17.2 Å². The minimum Gasteiger partial charge on any atom is -0.459 e. The zero-order valence-corrected chi connectivity index (χ0v) is 9.03. The standard InChI is InChI=1S/C10H10N2O2S/c1-12(7-9-11-4-6-15-9)10(13)8-3-2-5-14-8/h2-6H,7H2,1H3. The van der Waals surface area contributed by atoms with Crippen LogP contribution in [-0.2, 0) is 6.54 Å². The lowest BCUT2D eigenvalue weighted by Crippen LogP contribution is -2.25. The molecule has 0 spiro atoms. The molecule has 4 nitrogen and oxygen atoms in total. The number of aromatic nitrogens is 1. The summed E-state index contributed by atoms with van der Waals surface area (Å²) in [5.74, 6) is 0.226. The molecule has 0 aliphatic rings. The van der Waals surface area contributed by atoms with Crippen LogP contribution in [0.1, 0.15) is 15.6 Å². The monoisotopic (exact) mass is 222 g/mol. The highest BCUT2D eigenvalue weighted by molar-refractivity contribution is 7.09. The number of amides is 1. The second kappa shape index (κ2) is 4.27. The van der Waals surface area contributed by atoms with E-state index >= 15 is 0 Å². The highest BCUT2D eigenvalue weighted by Gasteiger charge is 2.14. The van der Waals surface area contributed by atoms with Gasteiger partial charge in [-0.05, 0) is 12.1 Å². The third-order valence-corrected chi connectivity index (χ3v) is 2.70. The fourth-order valence-electron chi connectivity index (χ4n) is 1.19. The van der Waals surface area contributed by atoms with Crippen LogP contribution in [0.15, 0.2) is 34.4 Å². The summed E-state index contributed by atoms with van der Waals surface area (Å²) in [5, 5.41) is 2.80. The van der Waals surface area contributed by atoms with E-state index in [9.17, 15) is 4.79 Å². The molecule has 15 heavy (non-hydrogen) atoms. The van der Waals surface area contributed by atoms with Gasteiger partial charge in [-0.15, -0.1) is 11.3 Å². The first-order valence-corrected chi connectivity index (χ1v) is 5.32. The highest BCUT2D eigenvalue weighted by atomic mass is 32.1. The summed E-state index contributed by atoms with van der Waals surface area (Å²) in [5.41, 5.74) is 0. The molecule has 2 aromatic rings. The maximum atomic E-state index is 11.7. The Balaban J connectivity index is 2.03. The van der Waals surface area contributed by atoms with Crippen molar-refractivity contribution in [3.8, 4) is 0 Å². The number of rotatable bonds is 3. The average Bonchev–Trinajstić information content (AvgIpc) is 2.88. The molecule has 1 amide bonds. The zero-order chi connectivity index (χ0) is 10.7. The highest BCUT2D eigenvalue weighted by Crippen LogP contribution is 2.10. The molecule has 5 heteroatoms. The lowest BCUT2D eigenvalue weighted by atomic mass is 10.4. The molecule has 2 rings (SSSR count). The van der Waals surface area contributed by atoms with Gasteiger partial charge in [0.1, 0.15) is 5.01 Å². The van der Waals surface area contributed by atoms with Gasteiger partial charge in [-0.1, -0.05) is 0 Å². The maximum Gasteiger partial charge on any atom is 0.289 e. The lowest BCUT2D eigenvalue weighted by molar-refractivity contribution is 0.0753. The molecule has 2 heterocycles. The van der Waals surface area contributed by atoms with E-state index < -0.39 is 0 Å². The van der Waals surface area contributed by atoms with Crippen LogP contribution < -0.4 is 0 Å². The largest absolute Gasteiger partial charge is 0.459 e. The Morgan fingerprint density at radius 2 is 2.53 bits per heavy atom. The van der Waals surface area contributed by atoms with Crippen molar-refractivity contribution in [2.24, 2.45) is 0 Å². The maximum absolute atomic E-state index is 11.7. The first-order valence-electron chi connectivity index (χ1n) is 4.44. The number of carbonyl (C=O) groups excluding carboxylic acids is 1. The summed E-state index contributed by atoms with van der Waals surface area (Å²) >= 11 is 1.53. The molecule has 0 unspecified atom stereocenters. The van der Waals surface area contributed by atoms with Gasteiger partial charge < -0.3 is 9.32 Å². The molecular formula is C10H10N2O2S. The fourth-order valence-corrected chi connectivity index (χ4v) is 1.86. The number of nitrogens with zero attached hydrogens (tertiary/aromatic N) is 2. The SMILES string of the molecule is CN(Cc1nccs1)C(=O)c1ccco1. The topological polar surface area (TPSA) is 46.3 Å². The molecule has 0 atom stereocenters. The Bertz CT molecular complexity index is 422. The van der Waals surface area contributed by atoms with Crippen LogP contribution in [0.3, 0.4) is 0 Å². The number of furan rings is 1. The van der Waals surface area contributed by atoms with Crippen LogP contribution in [-0.4, -0.2) is 22.8 Å². The molecule has 0 aliphatic heterocycles. The average molecular weight is 222 g/mol. The van der Waals surface area contributed by atoms with Crippen LogP contribution in [0.25, 0.3) is 0 Å².